The summed E-state index contributed by atoms with van der Waals surface area (Å²) in [6.07, 6.45) is 5.76. The van der Waals surface area contributed by atoms with Gasteiger partial charge in [0.15, 0.2) is 0 Å². The minimum Gasteiger partial charge on any atom is -0.481 e. The van der Waals surface area contributed by atoms with Crippen LogP contribution in [0.1, 0.15) is 45.4 Å². The molecule has 0 aliphatic heterocycles. The number of carbonyl (C=O) groups is 2. The van der Waals surface area contributed by atoms with Gasteiger partial charge in [0.2, 0.25) is 0 Å². The molecule has 19 heavy (non-hydrogen) atoms. The van der Waals surface area contributed by atoms with Crippen LogP contribution in [-0.2, 0) is 4.79 Å². The number of nitrogens with one attached hydrogen (secondary N) is 2. The standard InChI is InChI=1S/C14H24N2O3/c1-9(2-5-13(17)18)8-15-14(19)16-12-7-10-3-4-11(12)6-10/h9-12H,2-8H2,1H3,(H,17,18)(H2,15,16,19). The third-order valence-electron chi connectivity index (χ3n) is 4.52. The van der Waals surface area contributed by atoms with Crippen LogP contribution < -0.4 is 10.6 Å². The molecule has 0 radical (unpaired) electrons. The van der Waals surface area contributed by atoms with E-state index in [1.165, 1.54) is 19.3 Å². The third kappa shape index (κ3) is 4.11. The third-order valence-corrected chi connectivity index (χ3v) is 4.52. The van der Waals surface area contributed by atoms with Gasteiger partial charge >= 0.3 is 12.0 Å². The number of urea groups is 1. The van der Waals surface area contributed by atoms with Crippen LogP contribution in [0.4, 0.5) is 4.79 Å². The molecule has 108 valence electrons. The number of carboxylic acids is 1. The quantitative estimate of drug-likeness (QED) is 0.689. The molecule has 2 bridgehead atoms. The zero-order chi connectivity index (χ0) is 13.8. The van der Waals surface area contributed by atoms with Crippen molar-refractivity contribution >= 4 is 12.0 Å². The first kappa shape index (κ1) is 14.2. The van der Waals surface area contributed by atoms with Gasteiger partial charge in [-0.25, -0.2) is 4.79 Å². The summed E-state index contributed by atoms with van der Waals surface area (Å²) in [5.74, 6) is 0.921. The molecule has 3 N–H and O–H groups in total. The highest BCUT2D eigenvalue weighted by Gasteiger charge is 2.40. The van der Waals surface area contributed by atoms with E-state index in [4.69, 9.17) is 5.11 Å². The van der Waals surface area contributed by atoms with Gasteiger partial charge < -0.3 is 15.7 Å². The smallest absolute Gasteiger partial charge is 0.315 e. The predicted molar refractivity (Wildman–Crippen MR) is 71.8 cm³/mol. The fourth-order valence-corrected chi connectivity index (χ4v) is 3.38. The first-order valence-corrected chi connectivity index (χ1v) is 7.30. The van der Waals surface area contributed by atoms with Gasteiger partial charge in [-0.3, -0.25) is 4.79 Å². The van der Waals surface area contributed by atoms with Crippen molar-refractivity contribution in [1.82, 2.24) is 10.6 Å². The van der Waals surface area contributed by atoms with E-state index in [1.54, 1.807) is 0 Å². The number of rotatable bonds is 6. The lowest BCUT2D eigenvalue weighted by atomic mass is 9.95. The Bertz CT molecular complexity index is 346. The van der Waals surface area contributed by atoms with Crippen molar-refractivity contribution in [3.05, 3.63) is 0 Å². The second-order valence-corrected chi connectivity index (χ2v) is 6.17. The molecule has 4 unspecified atom stereocenters. The number of fused-ring (bicyclic) bond motifs is 2. The summed E-state index contributed by atoms with van der Waals surface area (Å²) in [5, 5.41) is 14.5. The Kier molecular flexibility index (Phi) is 4.66. The average Bonchev–Trinajstić information content (AvgIpc) is 2.96. The van der Waals surface area contributed by atoms with Gasteiger partial charge in [-0.1, -0.05) is 13.3 Å². The van der Waals surface area contributed by atoms with Crippen molar-refractivity contribution in [3.63, 3.8) is 0 Å². The van der Waals surface area contributed by atoms with Crippen molar-refractivity contribution in [2.45, 2.75) is 51.5 Å². The largest absolute Gasteiger partial charge is 0.481 e. The van der Waals surface area contributed by atoms with Crippen molar-refractivity contribution in [2.75, 3.05) is 6.54 Å². The molecule has 0 heterocycles. The van der Waals surface area contributed by atoms with E-state index < -0.39 is 5.97 Å². The molecular weight excluding hydrogens is 244 g/mol. The van der Waals surface area contributed by atoms with E-state index in [9.17, 15) is 9.59 Å². The van der Waals surface area contributed by atoms with Gasteiger partial charge in [-0.2, -0.15) is 0 Å². The zero-order valence-corrected chi connectivity index (χ0v) is 11.5. The van der Waals surface area contributed by atoms with Crippen LogP contribution in [0.25, 0.3) is 0 Å². The van der Waals surface area contributed by atoms with Crippen LogP contribution in [0.2, 0.25) is 0 Å². The summed E-state index contributed by atoms with van der Waals surface area (Å²) >= 11 is 0. The van der Waals surface area contributed by atoms with Gasteiger partial charge in [0.05, 0.1) is 0 Å². The van der Waals surface area contributed by atoms with Crippen molar-refractivity contribution in [1.29, 1.82) is 0 Å². The lowest BCUT2D eigenvalue weighted by molar-refractivity contribution is -0.137. The number of aliphatic carboxylic acids is 1. The minimum atomic E-state index is -0.779. The number of carboxylic acid groups (broad SMARTS) is 1. The fraction of sp³-hybridized carbons (Fsp3) is 0.857. The van der Waals surface area contributed by atoms with E-state index in [0.717, 1.165) is 12.3 Å². The van der Waals surface area contributed by atoms with Gasteiger partial charge in [-0.15, -0.1) is 0 Å². The van der Waals surface area contributed by atoms with E-state index in [2.05, 4.69) is 10.6 Å². The van der Waals surface area contributed by atoms with Gasteiger partial charge in [0, 0.05) is 19.0 Å². The van der Waals surface area contributed by atoms with Crippen LogP contribution in [0.3, 0.4) is 0 Å². The summed E-state index contributed by atoms with van der Waals surface area (Å²) in [7, 11) is 0. The second-order valence-electron chi connectivity index (χ2n) is 6.17. The van der Waals surface area contributed by atoms with E-state index >= 15 is 0 Å². The molecular formula is C14H24N2O3. The van der Waals surface area contributed by atoms with E-state index in [-0.39, 0.29) is 18.4 Å². The first-order chi connectivity index (χ1) is 9.04. The molecule has 2 fully saturated rings. The van der Waals surface area contributed by atoms with Crippen LogP contribution in [0.15, 0.2) is 0 Å². The Labute approximate surface area is 114 Å². The molecule has 5 nitrogen and oxygen atoms in total. The maximum atomic E-state index is 11.8. The highest BCUT2D eigenvalue weighted by atomic mass is 16.4. The van der Waals surface area contributed by atoms with E-state index in [1.807, 2.05) is 6.92 Å². The maximum absolute atomic E-state index is 11.8. The Morgan fingerprint density at radius 2 is 2.11 bits per heavy atom. The summed E-state index contributed by atoms with van der Waals surface area (Å²) in [4.78, 5) is 22.2. The normalized spacial score (nSPS) is 30.1. The monoisotopic (exact) mass is 268 g/mol. The topological polar surface area (TPSA) is 78.4 Å². The molecule has 0 aromatic rings. The number of hydrogen-bond acceptors (Lipinski definition) is 2. The average molecular weight is 268 g/mol. The SMILES string of the molecule is CC(CCC(=O)O)CNC(=O)NC1CC2CCC1C2. The van der Waals surface area contributed by atoms with Crippen LogP contribution in [0, 0.1) is 17.8 Å². The minimum absolute atomic E-state index is 0.0975. The Morgan fingerprint density at radius 3 is 2.68 bits per heavy atom. The lowest BCUT2D eigenvalue weighted by Gasteiger charge is -2.23. The molecule has 0 aromatic carbocycles. The molecule has 2 aliphatic carbocycles. The van der Waals surface area contributed by atoms with Crippen molar-refractivity contribution < 1.29 is 14.7 Å². The first-order valence-electron chi connectivity index (χ1n) is 7.30. The summed E-state index contributed by atoms with van der Waals surface area (Å²) in [5.41, 5.74) is 0. The number of amides is 2. The van der Waals surface area contributed by atoms with Gasteiger partial charge in [0.25, 0.3) is 0 Å². The lowest BCUT2D eigenvalue weighted by Crippen LogP contribution is -2.45. The maximum Gasteiger partial charge on any atom is 0.315 e. The van der Waals surface area contributed by atoms with Crippen LogP contribution >= 0.6 is 0 Å². The van der Waals surface area contributed by atoms with Gasteiger partial charge in [-0.05, 0) is 43.4 Å². The fourth-order valence-electron chi connectivity index (χ4n) is 3.38. The van der Waals surface area contributed by atoms with Crippen molar-refractivity contribution in [2.24, 2.45) is 17.8 Å². The Hall–Kier alpha value is -1.26. The molecule has 5 heteroatoms. The Balaban J connectivity index is 1.60. The molecule has 0 aromatic heterocycles. The molecule has 2 aliphatic rings. The van der Waals surface area contributed by atoms with E-state index in [0.29, 0.717) is 24.9 Å². The van der Waals surface area contributed by atoms with Crippen molar-refractivity contribution in [3.8, 4) is 0 Å². The highest BCUT2D eigenvalue weighted by Crippen LogP contribution is 2.44. The molecule has 0 saturated heterocycles. The second kappa shape index (κ2) is 6.26. The van der Waals surface area contributed by atoms with Gasteiger partial charge in [0.1, 0.15) is 0 Å². The molecule has 2 saturated carbocycles. The Morgan fingerprint density at radius 1 is 1.32 bits per heavy atom. The number of hydrogen-bond donors (Lipinski definition) is 3. The molecule has 2 amide bonds. The summed E-state index contributed by atoms with van der Waals surface area (Å²) < 4.78 is 0. The van der Waals surface area contributed by atoms with Crippen LogP contribution in [-0.4, -0.2) is 29.7 Å². The highest BCUT2D eigenvalue weighted by molar-refractivity contribution is 5.74. The zero-order valence-electron chi connectivity index (χ0n) is 11.5. The summed E-state index contributed by atoms with van der Waals surface area (Å²) in [6.45, 7) is 2.50. The molecule has 2 rings (SSSR count). The molecule has 0 spiro atoms. The number of carbonyl (C=O) groups excluding carboxylic acids is 1. The van der Waals surface area contributed by atoms with Crippen LogP contribution in [0.5, 0.6) is 0 Å². The summed E-state index contributed by atoms with van der Waals surface area (Å²) in [6, 6.07) is 0.257. The predicted octanol–water partition coefficient (Wildman–Crippen LogP) is 1.98. The molecule has 4 atom stereocenters.